The topological polar surface area (TPSA) is 70.8 Å². The molecule has 92 valence electrons. The van der Waals surface area contributed by atoms with Crippen molar-refractivity contribution >= 4 is 23.3 Å². The van der Waals surface area contributed by atoms with Crippen LogP contribution in [0.1, 0.15) is 12.5 Å². The van der Waals surface area contributed by atoms with Gasteiger partial charge in [0.15, 0.2) is 0 Å². The predicted octanol–water partition coefficient (Wildman–Crippen LogP) is 1.99. The lowest BCUT2D eigenvalue weighted by Gasteiger charge is -2.24. The molecule has 1 aliphatic heterocycles. The van der Waals surface area contributed by atoms with Crippen molar-refractivity contribution in [3.8, 4) is 0 Å². The van der Waals surface area contributed by atoms with E-state index in [1.165, 1.54) is 4.91 Å². The quantitative estimate of drug-likeness (QED) is 0.863. The Morgan fingerprint density at radius 1 is 1.44 bits per heavy atom. The highest BCUT2D eigenvalue weighted by molar-refractivity contribution is 8.04. The third kappa shape index (κ3) is 1.79. The summed E-state index contributed by atoms with van der Waals surface area (Å²) >= 11 is 1.63. The molecule has 0 amide bonds. The van der Waals surface area contributed by atoms with Gasteiger partial charge in [0, 0.05) is 22.9 Å². The number of H-pyrrole nitrogens is 1. The summed E-state index contributed by atoms with van der Waals surface area (Å²) in [7, 11) is 0. The third-order valence-corrected chi connectivity index (χ3v) is 3.79. The highest BCUT2D eigenvalue weighted by Crippen LogP contribution is 2.42. The number of anilines is 1. The lowest BCUT2D eigenvalue weighted by atomic mass is 10.2. The Balaban J connectivity index is 2.07. The fourth-order valence-corrected chi connectivity index (χ4v) is 3.06. The molecule has 1 aliphatic rings. The van der Waals surface area contributed by atoms with E-state index in [0.29, 0.717) is 0 Å². The van der Waals surface area contributed by atoms with E-state index in [1.807, 2.05) is 29.3 Å². The van der Waals surface area contributed by atoms with Gasteiger partial charge in [-0.25, -0.2) is 4.98 Å². The van der Waals surface area contributed by atoms with Gasteiger partial charge in [0.1, 0.15) is 11.3 Å². The SMILES string of the molecule is CC1=C(c2cn[nH]c2)N(c2ccccn2)C(N)S1. The minimum atomic E-state index is -0.148. The number of aromatic amines is 1. The third-order valence-electron chi connectivity index (χ3n) is 2.79. The molecule has 3 heterocycles. The lowest BCUT2D eigenvalue weighted by molar-refractivity contribution is 0.916. The first kappa shape index (κ1) is 11.3. The average Bonchev–Trinajstić information content (AvgIpc) is 2.97. The van der Waals surface area contributed by atoms with Gasteiger partial charge < -0.3 is 5.73 Å². The standard InChI is InChI=1S/C12H13N5S/c1-8-11(9-6-15-16-7-9)17(12(13)18-8)10-4-2-3-5-14-10/h2-7,12H,13H2,1H3,(H,15,16). The van der Waals surface area contributed by atoms with Crippen molar-refractivity contribution in [3.63, 3.8) is 0 Å². The van der Waals surface area contributed by atoms with E-state index in [1.54, 1.807) is 24.2 Å². The molecule has 1 unspecified atom stereocenters. The number of hydrogen-bond acceptors (Lipinski definition) is 5. The highest BCUT2D eigenvalue weighted by Gasteiger charge is 2.31. The predicted molar refractivity (Wildman–Crippen MR) is 73.5 cm³/mol. The van der Waals surface area contributed by atoms with Gasteiger partial charge >= 0.3 is 0 Å². The van der Waals surface area contributed by atoms with Crippen molar-refractivity contribution in [3.05, 3.63) is 47.3 Å². The van der Waals surface area contributed by atoms with E-state index in [0.717, 1.165) is 17.1 Å². The summed E-state index contributed by atoms with van der Waals surface area (Å²) in [5, 5.41) is 6.83. The summed E-state index contributed by atoms with van der Waals surface area (Å²) in [4.78, 5) is 7.58. The molecule has 0 aromatic carbocycles. The van der Waals surface area contributed by atoms with Crippen LogP contribution >= 0.6 is 11.8 Å². The fourth-order valence-electron chi connectivity index (χ4n) is 2.05. The number of thioether (sulfide) groups is 1. The van der Waals surface area contributed by atoms with Crippen LogP contribution < -0.4 is 10.6 Å². The van der Waals surface area contributed by atoms with Crippen LogP contribution in [0.5, 0.6) is 0 Å². The molecule has 3 rings (SSSR count). The first-order valence-electron chi connectivity index (χ1n) is 5.60. The van der Waals surface area contributed by atoms with Crippen LogP contribution in [-0.4, -0.2) is 20.7 Å². The molecule has 6 heteroatoms. The Morgan fingerprint density at radius 2 is 2.33 bits per heavy atom. The van der Waals surface area contributed by atoms with Crippen LogP contribution in [0.4, 0.5) is 5.82 Å². The molecular weight excluding hydrogens is 246 g/mol. The average molecular weight is 259 g/mol. The van der Waals surface area contributed by atoms with Gasteiger partial charge in [-0.2, -0.15) is 5.10 Å². The molecule has 2 aromatic rings. The molecule has 3 N–H and O–H groups in total. The number of allylic oxidation sites excluding steroid dienone is 1. The molecule has 0 saturated heterocycles. The van der Waals surface area contributed by atoms with Crippen LogP contribution in [0, 0.1) is 0 Å². The van der Waals surface area contributed by atoms with Crippen molar-refractivity contribution < 1.29 is 0 Å². The zero-order chi connectivity index (χ0) is 12.5. The van der Waals surface area contributed by atoms with Gasteiger partial charge in [0.2, 0.25) is 0 Å². The van der Waals surface area contributed by atoms with E-state index in [2.05, 4.69) is 22.1 Å². The van der Waals surface area contributed by atoms with Crippen LogP contribution in [0.3, 0.4) is 0 Å². The van der Waals surface area contributed by atoms with Crippen LogP contribution in [-0.2, 0) is 0 Å². The van der Waals surface area contributed by atoms with Crippen LogP contribution in [0.25, 0.3) is 5.70 Å². The molecule has 5 nitrogen and oxygen atoms in total. The number of nitrogens with one attached hydrogen (secondary N) is 1. The molecule has 0 fully saturated rings. The number of nitrogens with two attached hydrogens (primary N) is 1. The van der Waals surface area contributed by atoms with E-state index in [4.69, 9.17) is 5.73 Å². The molecule has 0 radical (unpaired) electrons. The zero-order valence-corrected chi connectivity index (χ0v) is 10.7. The second kappa shape index (κ2) is 4.47. The number of pyridine rings is 1. The first-order chi connectivity index (χ1) is 8.77. The lowest BCUT2D eigenvalue weighted by Crippen LogP contribution is -2.35. The van der Waals surface area contributed by atoms with Crippen molar-refractivity contribution in [2.45, 2.75) is 12.4 Å². The molecule has 18 heavy (non-hydrogen) atoms. The molecule has 0 bridgehead atoms. The summed E-state index contributed by atoms with van der Waals surface area (Å²) in [5.41, 5.74) is 8.12. The van der Waals surface area contributed by atoms with Crippen molar-refractivity contribution in [1.82, 2.24) is 15.2 Å². The van der Waals surface area contributed by atoms with E-state index in [9.17, 15) is 0 Å². The zero-order valence-electron chi connectivity index (χ0n) is 9.87. The summed E-state index contributed by atoms with van der Waals surface area (Å²) < 4.78 is 0. The summed E-state index contributed by atoms with van der Waals surface area (Å²) in [6.45, 7) is 2.07. The Labute approximate surface area is 109 Å². The minimum Gasteiger partial charge on any atom is -0.302 e. The van der Waals surface area contributed by atoms with Gasteiger partial charge in [-0.15, -0.1) is 0 Å². The normalized spacial score (nSPS) is 19.7. The second-order valence-corrected chi connectivity index (χ2v) is 5.29. The Bertz CT molecular complexity index is 563. The molecule has 0 saturated carbocycles. The number of rotatable bonds is 2. The Kier molecular flexibility index (Phi) is 2.81. The van der Waals surface area contributed by atoms with Gasteiger partial charge in [-0.05, 0) is 19.1 Å². The summed E-state index contributed by atoms with van der Waals surface area (Å²) in [6, 6.07) is 5.81. The minimum absolute atomic E-state index is 0.148. The van der Waals surface area contributed by atoms with Gasteiger partial charge in [-0.1, -0.05) is 17.8 Å². The van der Waals surface area contributed by atoms with Gasteiger partial charge in [0.25, 0.3) is 0 Å². The molecule has 1 atom stereocenters. The molecule has 0 spiro atoms. The Morgan fingerprint density at radius 3 is 3.00 bits per heavy atom. The highest BCUT2D eigenvalue weighted by atomic mass is 32.2. The molecular formula is C12H13N5S. The van der Waals surface area contributed by atoms with Crippen LogP contribution in [0.2, 0.25) is 0 Å². The summed E-state index contributed by atoms with van der Waals surface area (Å²) in [5.74, 6) is 0.852. The maximum atomic E-state index is 6.17. The van der Waals surface area contributed by atoms with Gasteiger partial charge in [0.05, 0.1) is 11.9 Å². The van der Waals surface area contributed by atoms with E-state index in [-0.39, 0.29) is 5.50 Å². The smallest absolute Gasteiger partial charge is 0.135 e. The van der Waals surface area contributed by atoms with Gasteiger partial charge in [-0.3, -0.25) is 10.00 Å². The van der Waals surface area contributed by atoms with Crippen molar-refractivity contribution in [1.29, 1.82) is 0 Å². The first-order valence-corrected chi connectivity index (χ1v) is 6.48. The molecule has 0 aliphatic carbocycles. The van der Waals surface area contributed by atoms with Crippen molar-refractivity contribution in [2.24, 2.45) is 5.73 Å². The maximum Gasteiger partial charge on any atom is 0.135 e. The second-order valence-electron chi connectivity index (χ2n) is 3.96. The fraction of sp³-hybridized carbons (Fsp3) is 0.167. The van der Waals surface area contributed by atoms with E-state index < -0.39 is 0 Å². The maximum absolute atomic E-state index is 6.17. The number of nitrogens with zero attached hydrogens (tertiary/aromatic N) is 3. The number of hydrogen-bond donors (Lipinski definition) is 2. The number of aromatic nitrogens is 3. The van der Waals surface area contributed by atoms with Crippen molar-refractivity contribution in [2.75, 3.05) is 4.90 Å². The monoisotopic (exact) mass is 259 g/mol. The van der Waals surface area contributed by atoms with E-state index >= 15 is 0 Å². The Hall–Kier alpha value is -1.79. The summed E-state index contributed by atoms with van der Waals surface area (Å²) in [6.07, 6.45) is 5.44. The van der Waals surface area contributed by atoms with Crippen LogP contribution in [0.15, 0.2) is 41.7 Å². The largest absolute Gasteiger partial charge is 0.302 e. The molecule has 2 aromatic heterocycles.